The van der Waals surface area contributed by atoms with Gasteiger partial charge in [0.2, 0.25) is 0 Å². The van der Waals surface area contributed by atoms with E-state index < -0.39 is 0 Å². The van der Waals surface area contributed by atoms with Crippen molar-refractivity contribution in [3.05, 3.63) is 48.6 Å². The van der Waals surface area contributed by atoms with Crippen LogP contribution in [0.4, 0.5) is 0 Å². The molecule has 9 nitrogen and oxygen atoms in total. The van der Waals surface area contributed by atoms with Crippen LogP contribution in [0.3, 0.4) is 0 Å². The molecule has 66 heavy (non-hydrogen) atoms. The Morgan fingerprint density at radius 2 is 0.606 bits per heavy atom. The first-order chi connectivity index (χ1) is 32.3. The van der Waals surface area contributed by atoms with Gasteiger partial charge >= 0.3 is 23.9 Å². The molecule has 0 atom stereocenters. The quantitative estimate of drug-likeness (QED) is 0.0256. The van der Waals surface area contributed by atoms with Crippen molar-refractivity contribution < 1.29 is 38.1 Å². The van der Waals surface area contributed by atoms with Crippen molar-refractivity contribution in [1.82, 2.24) is 4.90 Å². The molecule has 0 aliphatic heterocycles. The summed E-state index contributed by atoms with van der Waals surface area (Å²) in [4.78, 5) is 50.8. The maximum absolute atomic E-state index is 12.3. The number of nitrogens with zero attached hydrogens (tertiary/aromatic N) is 1. The Balaban J connectivity index is -0.00000259. The number of ether oxygens (including phenoxy) is 4. The highest BCUT2D eigenvalue weighted by Crippen LogP contribution is 2.11. The third kappa shape index (κ3) is 62.9. The maximum atomic E-state index is 12.3. The molecule has 0 aliphatic carbocycles. The second kappa shape index (κ2) is 63.9. The van der Waals surface area contributed by atoms with E-state index in [1.807, 2.05) is 27.7 Å². The lowest BCUT2D eigenvalue weighted by Crippen LogP contribution is -2.31. The number of hydrogen-bond acceptors (Lipinski definition) is 9. The van der Waals surface area contributed by atoms with Gasteiger partial charge in [0, 0.05) is 25.9 Å². The SMILES string of the molecule is CC.CC.CCC.CCCCC/C=C\C/C=C\CCCCCCCC(=O)OCCOC(=O)CCN(CCCC)CCC(=O)OCCOC(=O)CCCCCCC/C=C\C/C=C\CCCCC. The van der Waals surface area contributed by atoms with Gasteiger partial charge in [-0.15, -0.1) is 0 Å². The van der Waals surface area contributed by atoms with Gasteiger partial charge in [-0.1, -0.05) is 188 Å². The second-order valence-electron chi connectivity index (χ2n) is 16.2. The van der Waals surface area contributed by atoms with Crippen LogP contribution >= 0.6 is 0 Å². The van der Waals surface area contributed by atoms with Gasteiger partial charge in [0.15, 0.2) is 0 Å². The van der Waals surface area contributed by atoms with Gasteiger partial charge in [-0.25, -0.2) is 0 Å². The molecule has 0 N–H and O–H groups in total. The van der Waals surface area contributed by atoms with Crippen LogP contribution in [-0.4, -0.2) is 74.8 Å². The predicted octanol–water partition coefficient (Wildman–Crippen LogP) is 16.1. The molecule has 0 spiro atoms. The molecule has 0 unspecified atom stereocenters. The minimum Gasteiger partial charge on any atom is -0.462 e. The van der Waals surface area contributed by atoms with E-state index in [4.69, 9.17) is 18.9 Å². The van der Waals surface area contributed by atoms with Crippen molar-refractivity contribution in [3.8, 4) is 0 Å². The van der Waals surface area contributed by atoms with Crippen LogP contribution in [0.1, 0.15) is 249 Å². The van der Waals surface area contributed by atoms with Gasteiger partial charge in [-0.2, -0.15) is 0 Å². The molecule has 0 fully saturated rings. The molecule has 0 bridgehead atoms. The van der Waals surface area contributed by atoms with E-state index in [2.05, 4.69) is 88.1 Å². The lowest BCUT2D eigenvalue weighted by Gasteiger charge is -2.21. The van der Waals surface area contributed by atoms with Crippen LogP contribution in [0, 0.1) is 0 Å². The molecule has 0 aromatic carbocycles. The summed E-state index contributed by atoms with van der Waals surface area (Å²) in [5.41, 5.74) is 0. The van der Waals surface area contributed by atoms with Crippen molar-refractivity contribution in [2.45, 2.75) is 249 Å². The Hall–Kier alpha value is -3.20. The van der Waals surface area contributed by atoms with Crippen molar-refractivity contribution in [2.24, 2.45) is 0 Å². The number of rotatable bonds is 43. The normalized spacial score (nSPS) is 11.0. The predicted molar refractivity (Wildman–Crippen MR) is 282 cm³/mol. The lowest BCUT2D eigenvalue weighted by molar-refractivity contribution is -0.153. The van der Waals surface area contributed by atoms with Crippen LogP contribution in [0.2, 0.25) is 0 Å². The van der Waals surface area contributed by atoms with Gasteiger partial charge in [-0.3, -0.25) is 19.2 Å². The molecule has 0 aromatic rings. The third-order valence-corrected chi connectivity index (χ3v) is 9.97. The zero-order valence-corrected chi connectivity index (χ0v) is 44.8. The van der Waals surface area contributed by atoms with Crippen molar-refractivity contribution >= 4 is 23.9 Å². The topological polar surface area (TPSA) is 108 Å². The van der Waals surface area contributed by atoms with Crippen molar-refractivity contribution in [3.63, 3.8) is 0 Å². The highest BCUT2D eigenvalue weighted by Gasteiger charge is 2.13. The van der Waals surface area contributed by atoms with Crippen LogP contribution < -0.4 is 0 Å². The van der Waals surface area contributed by atoms with E-state index in [9.17, 15) is 19.2 Å². The average Bonchev–Trinajstić information content (AvgIpc) is 3.33. The molecule has 0 radical (unpaired) electrons. The summed E-state index contributed by atoms with van der Waals surface area (Å²) in [6, 6.07) is 0. The van der Waals surface area contributed by atoms with Gasteiger partial charge in [-0.05, 0) is 90.0 Å². The summed E-state index contributed by atoms with van der Waals surface area (Å²) in [6.45, 7) is 20.7. The first-order valence-electron chi connectivity index (χ1n) is 27.3. The van der Waals surface area contributed by atoms with Gasteiger partial charge in [0.1, 0.15) is 26.4 Å². The van der Waals surface area contributed by atoms with Crippen LogP contribution in [0.15, 0.2) is 48.6 Å². The van der Waals surface area contributed by atoms with E-state index in [1.54, 1.807) is 0 Å². The minimum absolute atomic E-state index is 0.0362. The molecule has 0 amide bonds. The van der Waals surface area contributed by atoms with Crippen LogP contribution in [-0.2, 0) is 38.1 Å². The Labute approximate surface area is 408 Å². The highest BCUT2D eigenvalue weighted by molar-refractivity contribution is 5.71. The van der Waals surface area contributed by atoms with E-state index in [-0.39, 0.29) is 63.1 Å². The smallest absolute Gasteiger partial charge is 0.307 e. The fourth-order valence-corrected chi connectivity index (χ4v) is 6.29. The number of unbranched alkanes of at least 4 members (excludes halogenated alkanes) is 17. The first kappa shape index (κ1) is 69.4. The zero-order valence-electron chi connectivity index (χ0n) is 44.8. The molecular formula is C57H107NO8. The lowest BCUT2D eigenvalue weighted by atomic mass is 10.1. The summed E-state index contributed by atoms with van der Waals surface area (Å²) < 4.78 is 21.0. The third-order valence-electron chi connectivity index (χ3n) is 9.97. The number of allylic oxidation sites excluding steroid dienone is 8. The molecule has 0 heterocycles. The molecule has 9 heteroatoms. The number of carbonyl (C=O) groups excluding carboxylic acids is 4. The summed E-state index contributed by atoms with van der Waals surface area (Å²) in [6.07, 6.45) is 47.4. The highest BCUT2D eigenvalue weighted by atomic mass is 16.6. The molecular weight excluding hydrogens is 827 g/mol. The minimum atomic E-state index is -0.361. The number of carbonyl (C=O) groups is 4. The molecule has 0 aliphatic rings. The fourth-order valence-electron chi connectivity index (χ4n) is 6.29. The Morgan fingerprint density at radius 1 is 0.333 bits per heavy atom. The molecule has 388 valence electrons. The Kier molecular flexibility index (Phi) is 67.1. The molecule has 0 aromatic heterocycles. The zero-order chi connectivity index (χ0) is 49.8. The standard InChI is InChI=1S/C50H87NO8.C3H8.2C2H6/c1-4-7-10-12-14-16-18-20-22-24-26-28-30-32-34-36-47(52)56-43-45-58-49(54)38-41-51(40-9-6-3)42-39-50(55)59-46-44-57-48(53)37-35-33-31-29-27-25-23-21-19-17-15-13-11-8-5-2;1-3-2;2*1-2/h14-17,20-23H,4-13,18-19,24-46H2,1-3H3;3H2,1-2H3;2*1-2H3/b16-14-,17-15-,22-20-,23-21-;;;. The Morgan fingerprint density at radius 3 is 0.924 bits per heavy atom. The first-order valence-corrected chi connectivity index (χ1v) is 27.3. The van der Waals surface area contributed by atoms with Gasteiger partial charge in [0.25, 0.3) is 0 Å². The van der Waals surface area contributed by atoms with E-state index in [0.717, 1.165) is 83.6 Å². The Bertz CT molecular complexity index is 1050. The largest absolute Gasteiger partial charge is 0.462 e. The summed E-state index contributed by atoms with van der Waals surface area (Å²) in [5, 5.41) is 0. The summed E-state index contributed by atoms with van der Waals surface area (Å²) in [7, 11) is 0. The van der Waals surface area contributed by atoms with E-state index in [0.29, 0.717) is 25.9 Å². The van der Waals surface area contributed by atoms with Gasteiger partial charge in [0.05, 0.1) is 12.8 Å². The monoisotopic (exact) mass is 934 g/mol. The van der Waals surface area contributed by atoms with Crippen molar-refractivity contribution in [2.75, 3.05) is 46.1 Å². The van der Waals surface area contributed by atoms with E-state index in [1.165, 1.54) is 83.5 Å². The summed E-state index contributed by atoms with van der Waals surface area (Å²) >= 11 is 0. The van der Waals surface area contributed by atoms with Crippen LogP contribution in [0.25, 0.3) is 0 Å². The van der Waals surface area contributed by atoms with Gasteiger partial charge < -0.3 is 23.8 Å². The fraction of sp³-hybridized carbons (Fsp3) is 0.789. The molecule has 0 saturated carbocycles. The number of hydrogen-bond donors (Lipinski definition) is 0. The van der Waals surface area contributed by atoms with E-state index >= 15 is 0 Å². The summed E-state index contributed by atoms with van der Waals surface area (Å²) in [5.74, 6) is -1.23. The van der Waals surface area contributed by atoms with Crippen molar-refractivity contribution in [1.29, 1.82) is 0 Å². The molecule has 0 saturated heterocycles. The number of esters is 4. The maximum Gasteiger partial charge on any atom is 0.307 e. The average molecular weight is 934 g/mol. The second-order valence-corrected chi connectivity index (χ2v) is 16.2. The van der Waals surface area contributed by atoms with Crippen LogP contribution in [0.5, 0.6) is 0 Å². The molecule has 0 rings (SSSR count).